The molecule has 142 valence electrons. The Bertz CT molecular complexity index is 983. The lowest BCUT2D eigenvalue weighted by Crippen LogP contribution is -2.16. The van der Waals surface area contributed by atoms with Crippen molar-refractivity contribution in [3.05, 3.63) is 47.8 Å². The molecule has 0 fully saturated rings. The van der Waals surface area contributed by atoms with Gasteiger partial charge < -0.3 is 15.0 Å². The number of aliphatic hydroxyl groups is 1. The van der Waals surface area contributed by atoms with E-state index < -0.39 is 17.9 Å². The summed E-state index contributed by atoms with van der Waals surface area (Å²) in [5, 5.41) is 12.0. The van der Waals surface area contributed by atoms with Gasteiger partial charge in [-0.1, -0.05) is 0 Å². The molecule has 0 saturated carbocycles. The predicted octanol–water partition coefficient (Wildman–Crippen LogP) is 2.96. The van der Waals surface area contributed by atoms with Gasteiger partial charge in [0, 0.05) is 18.1 Å². The second kappa shape index (κ2) is 6.95. The zero-order valence-electron chi connectivity index (χ0n) is 14.4. The topological polar surface area (TPSA) is 92.9 Å². The summed E-state index contributed by atoms with van der Waals surface area (Å²) in [6, 6.07) is 4.89. The van der Waals surface area contributed by atoms with Crippen molar-refractivity contribution in [1.29, 1.82) is 0 Å². The fourth-order valence-corrected chi connectivity index (χ4v) is 2.73. The van der Waals surface area contributed by atoms with E-state index in [2.05, 4.69) is 20.3 Å². The third-order valence-electron chi connectivity index (χ3n) is 4.00. The SMILES string of the molecule is Cc1nc2cc(NC(=O)c3cnc(C(F)(F)F)nc3)ccc2n1C(C)CO. The zero-order valence-corrected chi connectivity index (χ0v) is 14.4. The zero-order chi connectivity index (χ0) is 19.8. The maximum absolute atomic E-state index is 12.5. The maximum Gasteiger partial charge on any atom is 0.451 e. The van der Waals surface area contributed by atoms with Crippen LogP contribution in [0.5, 0.6) is 0 Å². The minimum Gasteiger partial charge on any atom is -0.394 e. The lowest BCUT2D eigenvalue weighted by molar-refractivity contribution is -0.145. The van der Waals surface area contributed by atoms with Crippen LogP contribution in [-0.2, 0) is 6.18 Å². The number of fused-ring (bicyclic) bond motifs is 1. The Kier molecular flexibility index (Phi) is 4.83. The number of hydrogen-bond acceptors (Lipinski definition) is 5. The molecule has 0 radical (unpaired) electrons. The second-order valence-corrected chi connectivity index (χ2v) is 6.01. The molecule has 2 aromatic heterocycles. The number of aliphatic hydroxyl groups excluding tert-OH is 1. The fraction of sp³-hybridized carbons (Fsp3) is 0.294. The molecule has 1 amide bonds. The third-order valence-corrected chi connectivity index (χ3v) is 4.00. The number of amides is 1. The number of anilines is 1. The van der Waals surface area contributed by atoms with Crippen LogP contribution in [0.15, 0.2) is 30.6 Å². The Hall–Kier alpha value is -3.01. The molecule has 7 nitrogen and oxygen atoms in total. The van der Waals surface area contributed by atoms with E-state index in [0.29, 0.717) is 17.0 Å². The van der Waals surface area contributed by atoms with Crippen LogP contribution in [0.1, 0.15) is 35.0 Å². The monoisotopic (exact) mass is 379 g/mol. The van der Waals surface area contributed by atoms with Crippen LogP contribution in [0.4, 0.5) is 18.9 Å². The van der Waals surface area contributed by atoms with Crippen LogP contribution < -0.4 is 5.32 Å². The minimum atomic E-state index is -4.66. The molecular formula is C17H16F3N5O2. The number of aromatic nitrogens is 4. The lowest BCUT2D eigenvalue weighted by Gasteiger charge is -2.13. The first-order valence-corrected chi connectivity index (χ1v) is 8.00. The van der Waals surface area contributed by atoms with Crippen molar-refractivity contribution in [1.82, 2.24) is 19.5 Å². The van der Waals surface area contributed by atoms with Gasteiger partial charge in [0.2, 0.25) is 5.82 Å². The molecule has 1 atom stereocenters. The molecule has 0 saturated heterocycles. The Labute approximate surface area is 151 Å². The summed E-state index contributed by atoms with van der Waals surface area (Å²) in [6.07, 6.45) is -3.01. The lowest BCUT2D eigenvalue weighted by atomic mass is 10.2. The van der Waals surface area contributed by atoms with Crippen molar-refractivity contribution in [3.8, 4) is 0 Å². The number of aryl methyl sites for hydroxylation is 1. The Morgan fingerprint density at radius 3 is 2.56 bits per heavy atom. The van der Waals surface area contributed by atoms with Gasteiger partial charge in [-0.05, 0) is 32.0 Å². The molecule has 3 aromatic rings. The maximum atomic E-state index is 12.5. The van der Waals surface area contributed by atoms with Crippen LogP contribution >= 0.6 is 0 Å². The van der Waals surface area contributed by atoms with E-state index in [0.717, 1.165) is 17.9 Å². The number of imidazole rings is 1. The number of rotatable bonds is 4. The number of hydrogen-bond donors (Lipinski definition) is 2. The first-order chi connectivity index (χ1) is 12.7. The Morgan fingerprint density at radius 1 is 1.30 bits per heavy atom. The minimum absolute atomic E-state index is 0.0429. The number of benzene rings is 1. The van der Waals surface area contributed by atoms with Crippen LogP contribution in [0.2, 0.25) is 0 Å². The van der Waals surface area contributed by atoms with E-state index >= 15 is 0 Å². The highest BCUT2D eigenvalue weighted by Crippen LogP contribution is 2.26. The molecule has 3 rings (SSSR count). The predicted molar refractivity (Wildman–Crippen MR) is 91.3 cm³/mol. The number of nitrogens with one attached hydrogen (secondary N) is 1. The van der Waals surface area contributed by atoms with E-state index in [-0.39, 0.29) is 18.2 Å². The number of halogens is 3. The van der Waals surface area contributed by atoms with Crippen LogP contribution in [0.25, 0.3) is 11.0 Å². The molecule has 0 bridgehead atoms. The summed E-state index contributed by atoms with van der Waals surface area (Å²) in [7, 11) is 0. The summed E-state index contributed by atoms with van der Waals surface area (Å²) in [5.41, 5.74) is 1.74. The van der Waals surface area contributed by atoms with Gasteiger partial charge in [-0.3, -0.25) is 4.79 Å². The van der Waals surface area contributed by atoms with Crippen molar-refractivity contribution >= 4 is 22.6 Å². The van der Waals surface area contributed by atoms with Gasteiger partial charge in [0.1, 0.15) is 5.82 Å². The molecule has 10 heteroatoms. The van der Waals surface area contributed by atoms with Crippen LogP contribution in [-0.4, -0.2) is 37.1 Å². The van der Waals surface area contributed by atoms with Crippen molar-refractivity contribution in [2.45, 2.75) is 26.1 Å². The standard InChI is InChI=1S/C17H16F3N5O2/c1-9(8-26)25-10(2)23-13-5-12(3-4-14(13)25)24-15(27)11-6-21-16(22-7-11)17(18,19)20/h3-7,9,26H,8H2,1-2H3,(H,24,27). The quantitative estimate of drug-likeness (QED) is 0.727. The molecule has 2 heterocycles. The number of carbonyl (C=O) groups excluding carboxylic acids is 1. The van der Waals surface area contributed by atoms with Gasteiger partial charge in [0.25, 0.3) is 5.91 Å². The summed E-state index contributed by atoms with van der Waals surface area (Å²) in [5.74, 6) is -1.23. The number of alkyl halides is 3. The average Bonchev–Trinajstić information content (AvgIpc) is 2.95. The van der Waals surface area contributed by atoms with Gasteiger partial charge in [0.05, 0.1) is 29.2 Å². The molecule has 0 aliphatic carbocycles. The van der Waals surface area contributed by atoms with E-state index in [9.17, 15) is 23.1 Å². The summed E-state index contributed by atoms with van der Waals surface area (Å²) < 4.78 is 39.3. The molecule has 1 unspecified atom stereocenters. The first kappa shape index (κ1) is 18.8. The molecule has 27 heavy (non-hydrogen) atoms. The van der Waals surface area contributed by atoms with E-state index in [1.807, 2.05) is 18.4 Å². The summed E-state index contributed by atoms with van der Waals surface area (Å²) >= 11 is 0. The van der Waals surface area contributed by atoms with E-state index in [1.54, 1.807) is 18.2 Å². The molecule has 0 aliphatic heterocycles. The summed E-state index contributed by atoms with van der Waals surface area (Å²) in [6.45, 7) is 3.62. The molecule has 0 aliphatic rings. The smallest absolute Gasteiger partial charge is 0.394 e. The van der Waals surface area contributed by atoms with Crippen molar-refractivity contribution < 1.29 is 23.1 Å². The largest absolute Gasteiger partial charge is 0.451 e. The number of nitrogens with zero attached hydrogens (tertiary/aromatic N) is 4. The number of carbonyl (C=O) groups is 1. The second-order valence-electron chi connectivity index (χ2n) is 6.01. The average molecular weight is 379 g/mol. The first-order valence-electron chi connectivity index (χ1n) is 8.00. The fourth-order valence-electron chi connectivity index (χ4n) is 2.73. The third kappa shape index (κ3) is 3.75. The van der Waals surface area contributed by atoms with Gasteiger partial charge in [-0.15, -0.1) is 0 Å². The highest BCUT2D eigenvalue weighted by Gasteiger charge is 2.34. The van der Waals surface area contributed by atoms with Gasteiger partial charge >= 0.3 is 6.18 Å². The van der Waals surface area contributed by atoms with E-state index in [4.69, 9.17) is 0 Å². The molecule has 1 aromatic carbocycles. The van der Waals surface area contributed by atoms with Gasteiger partial charge in [-0.25, -0.2) is 15.0 Å². The Morgan fingerprint density at radius 2 is 1.96 bits per heavy atom. The van der Waals surface area contributed by atoms with Crippen LogP contribution in [0, 0.1) is 6.92 Å². The Balaban J connectivity index is 1.83. The molecule has 0 spiro atoms. The van der Waals surface area contributed by atoms with Gasteiger partial charge in [0.15, 0.2) is 0 Å². The van der Waals surface area contributed by atoms with Crippen molar-refractivity contribution in [2.24, 2.45) is 0 Å². The summed E-state index contributed by atoms with van der Waals surface area (Å²) in [4.78, 5) is 23.0. The van der Waals surface area contributed by atoms with E-state index in [1.165, 1.54) is 0 Å². The highest BCUT2D eigenvalue weighted by molar-refractivity contribution is 6.04. The normalized spacial score (nSPS) is 13.0. The van der Waals surface area contributed by atoms with Crippen molar-refractivity contribution in [2.75, 3.05) is 11.9 Å². The molecular weight excluding hydrogens is 363 g/mol. The van der Waals surface area contributed by atoms with Crippen LogP contribution in [0.3, 0.4) is 0 Å². The molecule has 2 N–H and O–H groups in total. The van der Waals surface area contributed by atoms with Crippen molar-refractivity contribution in [3.63, 3.8) is 0 Å². The van der Waals surface area contributed by atoms with Gasteiger partial charge in [-0.2, -0.15) is 13.2 Å². The highest BCUT2D eigenvalue weighted by atomic mass is 19.4.